The second-order valence-electron chi connectivity index (χ2n) is 4.41. The number of carbonyl (C=O) groups is 2. The van der Waals surface area contributed by atoms with Gasteiger partial charge in [-0.05, 0) is 5.56 Å². The van der Waals surface area contributed by atoms with Gasteiger partial charge in [0.15, 0.2) is 0 Å². The van der Waals surface area contributed by atoms with Gasteiger partial charge in [0.1, 0.15) is 0 Å². The van der Waals surface area contributed by atoms with E-state index in [0.717, 1.165) is 5.56 Å². The van der Waals surface area contributed by atoms with Crippen LogP contribution in [-0.2, 0) is 9.59 Å². The second-order valence-corrected chi connectivity index (χ2v) is 4.41. The van der Waals surface area contributed by atoms with Gasteiger partial charge in [-0.2, -0.15) is 0 Å². The van der Waals surface area contributed by atoms with Crippen molar-refractivity contribution in [3.8, 4) is 0 Å². The summed E-state index contributed by atoms with van der Waals surface area (Å²) in [6, 6.07) is 9.30. The molecule has 0 radical (unpaired) electrons. The molecule has 1 aliphatic heterocycles. The predicted molar refractivity (Wildman–Crippen MR) is 67.8 cm³/mol. The minimum absolute atomic E-state index is 0.0238. The first kappa shape index (κ1) is 12.6. The Balaban J connectivity index is 2.00. The SMILES string of the molecule is NCC(C(=O)NC1CNC(=O)C1)c1ccccc1. The lowest BCUT2D eigenvalue weighted by Gasteiger charge is -2.18. The van der Waals surface area contributed by atoms with E-state index in [2.05, 4.69) is 10.6 Å². The van der Waals surface area contributed by atoms with Crippen LogP contribution in [0.2, 0.25) is 0 Å². The van der Waals surface area contributed by atoms with Crippen LogP contribution in [0, 0.1) is 0 Å². The van der Waals surface area contributed by atoms with Gasteiger partial charge in [0, 0.05) is 19.5 Å². The monoisotopic (exact) mass is 247 g/mol. The quantitative estimate of drug-likeness (QED) is 0.685. The molecule has 0 aliphatic carbocycles. The Hall–Kier alpha value is -1.88. The molecule has 5 heteroatoms. The van der Waals surface area contributed by atoms with Crippen LogP contribution in [0.1, 0.15) is 17.9 Å². The summed E-state index contributed by atoms with van der Waals surface area (Å²) >= 11 is 0. The molecule has 0 aromatic heterocycles. The molecule has 1 aliphatic rings. The second kappa shape index (κ2) is 5.64. The first-order valence-corrected chi connectivity index (χ1v) is 6.03. The van der Waals surface area contributed by atoms with Crippen molar-refractivity contribution in [3.63, 3.8) is 0 Å². The lowest BCUT2D eigenvalue weighted by Crippen LogP contribution is -2.41. The maximum Gasteiger partial charge on any atom is 0.229 e. The predicted octanol–water partition coefficient (Wildman–Crippen LogP) is -0.266. The molecule has 2 atom stereocenters. The lowest BCUT2D eigenvalue weighted by atomic mass is 9.98. The van der Waals surface area contributed by atoms with Crippen LogP contribution < -0.4 is 16.4 Å². The van der Waals surface area contributed by atoms with Gasteiger partial charge in [-0.15, -0.1) is 0 Å². The molecule has 1 heterocycles. The van der Waals surface area contributed by atoms with Gasteiger partial charge in [0.25, 0.3) is 0 Å². The summed E-state index contributed by atoms with van der Waals surface area (Å²) in [4.78, 5) is 23.2. The summed E-state index contributed by atoms with van der Waals surface area (Å²) in [5.41, 5.74) is 6.56. The van der Waals surface area contributed by atoms with Crippen LogP contribution in [0.15, 0.2) is 30.3 Å². The number of hydrogen-bond donors (Lipinski definition) is 3. The molecular weight excluding hydrogens is 230 g/mol. The molecular formula is C13H17N3O2. The number of carbonyl (C=O) groups excluding carboxylic acids is 2. The smallest absolute Gasteiger partial charge is 0.229 e. The standard InChI is InChI=1S/C13H17N3O2/c14-7-11(9-4-2-1-3-5-9)13(18)16-10-6-12(17)15-8-10/h1-5,10-11H,6-8,14H2,(H,15,17)(H,16,18). The van der Waals surface area contributed by atoms with Crippen molar-refractivity contribution in [3.05, 3.63) is 35.9 Å². The molecule has 1 aromatic rings. The highest BCUT2D eigenvalue weighted by Crippen LogP contribution is 2.15. The van der Waals surface area contributed by atoms with E-state index in [1.807, 2.05) is 30.3 Å². The van der Waals surface area contributed by atoms with E-state index >= 15 is 0 Å². The number of hydrogen-bond acceptors (Lipinski definition) is 3. The molecule has 1 fully saturated rings. The van der Waals surface area contributed by atoms with E-state index in [4.69, 9.17) is 5.73 Å². The van der Waals surface area contributed by atoms with Crippen molar-refractivity contribution in [2.24, 2.45) is 5.73 Å². The Bertz CT molecular complexity index is 433. The largest absolute Gasteiger partial charge is 0.354 e. The van der Waals surface area contributed by atoms with Crippen molar-refractivity contribution in [1.29, 1.82) is 0 Å². The van der Waals surface area contributed by atoms with Gasteiger partial charge in [0.05, 0.1) is 12.0 Å². The summed E-state index contributed by atoms with van der Waals surface area (Å²) in [5.74, 6) is -0.503. The fourth-order valence-corrected chi connectivity index (χ4v) is 2.09. The molecule has 0 bridgehead atoms. The normalized spacial score (nSPS) is 20.3. The summed E-state index contributed by atoms with van der Waals surface area (Å²) in [6.45, 7) is 0.751. The van der Waals surface area contributed by atoms with Crippen molar-refractivity contribution < 1.29 is 9.59 Å². The Morgan fingerprint density at radius 2 is 2.17 bits per heavy atom. The average molecular weight is 247 g/mol. The zero-order chi connectivity index (χ0) is 13.0. The van der Waals surface area contributed by atoms with Crippen LogP contribution in [-0.4, -0.2) is 30.9 Å². The maximum atomic E-state index is 12.1. The van der Waals surface area contributed by atoms with E-state index in [9.17, 15) is 9.59 Å². The van der Waals surface area contributed by atoms with Gasteiger partial charge in [-0.3, -0.25) is 9.59 Å². The third kappa shape index (κ3) is 2.87. The Kier molecular flexibility index (Phi) is 3.94. The van der Waals surface area contributed by atoms with Crippen LogP contribution in [0.5, 0.6) is 0 Å². The fraction of sp³-hybridized carbons (Fsp3) is 0.385. The van der Waals surface area contributed by atoms with Crippen molar-refractivity contribution in [2.45, 2.75) is 18.4 Å². The number of nitrogens with one attached hydrogen (secondary N) is 2. The van der Waals surface area contributed by atoms with Gasteiger partial charge in [-0.1, -0.05) is 30.3 Å². The van der Waals surface area contributed by atoms with Crippen LogP contribution >= 0.6 is 0 Å². The zero-order valence-corrected chi connectivity index (χ0v) is 10.1. The molecule has 2 amide bonds. The summed E-state index contributed by atoms with van der Waals surface area (Å²) in [6.07, 6.45) is 0.345. The van der Waals surface area contributed by atoms with Crippen molar-refractivity contribution >= 4 is 11.8 Å². The molecule has 96 valence electrons. The van der Waals surface area contributed by atoms with E-state index in [1.54, 1.807) is 0 Å². The van der Waals surface area contributed by atoms with Gasteiger partial charge < -0.3 is 16.4 Å². The maximum absolute atomic E-state index is 12.1. The number of amides is 2. The number of rotatable bonds is 4. The van der Waals surface area contributed by atoms with Gasteiger partial charge in [0.2, 0.25) is 11.8 Å². The van der Waals surface area contributed by atoms with Crippen molar-refractivity contribution in [2.75, 3.05) is 13.1 Å². The van der Waals surface area contributed by atoms with Gasteiger partial charge in [-0.25, -0.2) is 0 Å². The zero-order valence-electron chi connectivity index (χ0n) is 10.1. The molecule has 1 saturated heterocycles. The third-order valence-electron chi connectivity index (χ3n) is 3.08. The highest BCUT2D eigenvalue weighted by atomic mass is 16.2. The summed E-state index contributed by atoms with van der Waals surface area (Å²) in [5, 5.41) is 5.54. The Morgan fingerprint density at radius 1 is 1.44 bits per heavy atom. The molecule has 5 nitrogen and oxygen atoms in total. The average Bonchev–Trinajstić information content (AvgIpc) is 2.77. The number of nitrogens with two attached hydrogens (primary N) is 1. The molecule has 0 saturated carbocycles. The van der Waals surface area contributed by atoms with Crippen LogP contribution in [0.3, 0.4) is 0 Å². The van der Waals surface area contributed by atoms with Crippen LogP contribution in [0.4, 0.5) is 0 Å². The first-order chi connectivity index (χ1) is 8.70. The van der Waals surface area contributed by atoms with Crippen LogP contribution in [0.25, 0.3) is 0 Å². The minimum atomic E-state index is -0.359. The van der Waals surface area contributed by atoms with E-state index in [0.29, 0.717) is 13.0 Å². The highest BCUT2D eigenvalue weighted by Gasteiger charge is 2.26. The Morgan fingerprint density at radius 3 is 2.72 bits per heavy atom. The van der Waals surface area contributed by atoms with E-state index in [-0.39, 0.29) is 30.3 Å². The number of benzene rings is 1. The topological polar surface area (TPSA) is 84.2 Å². The summed E-state index contributed by atoms with van der Waals surface area (Å²) < 4.78 is 0. The first-order valence-electron chi connectivity index (χ1n) is 6.03. The molecule has 4 N–H and O–H groups in total. The molecule has 2 rings (SSSR count). The third-order valence-corrected chi connectivity index (χ3v) is 3.08. The Labute approximate surface area is 106 Å². The molecule has 2 unspecified atom stereocenters. The van der Waals surface area contributed by atoms with E-state index in [1.165, 1.54) is 0 Å². The molecule has 0 spiro atoms. The molecule has 18 heavy (non-hydrogen) atoms. The highest BCUT2D eigenvalue weighted by molar-refractivity contribution is 5.86. The van der Waals surface area contributed by atoms with E-state index < -0.39 is 0 Å². The minimum Gasteiger partial charge on any atom is -0.354 e. The fourth-order valence-electron chi connectivity index (χ4n) is 2.09. The molecule has 1 aromatic carbocycles. The van der Waals surface area contributed by atoms with Crippen molar-refractivity contribution in [1.82, 2.24) is 10.6 Å². The lowest BCUT2D eigenvalue weighted by molar-refractivity contribution is -0.123. The summed E-state index contributed by atoms with van der Waals surface area (Å²) in [7, 11) is 0. The van der Waals surface area contributed by atoms with Gasteiger partial charge >= 0.3 is 0 Å².